The Morgan fingerprint density at radius 3 is 1.91 bits per heavy atom. The molecule has 2 atom stereocenters. The number of hydrogen-bond acceptors (Lipinski definition) is 6. The largest absolute Gasteiger partial charge is 0.477 e. The van der Waals surface area contributed by atoms with Crippen LogP contribution in [0, 0.1) is 0 Å². The number of likely N-dealkylation sites (N-methyl/N-ethyl adjacent to an activating group) is 1. The number of nitrogens with zero attached hydrogens (tertiary/aromatic N) is 1. The SMILES string of the molecule is CC/C=C/C=C/C=C/C=C/C=C/CCCCCC(=O)OC(COCCC(C(=O)O)[N+](C)(C)C)COC(=O)CC/C=C/CCCCC. The lowest BCUT2D eigenvalue weighted by atomic mass is 10.1. The van der Waals surface area contributed by atoms with Crippen LogP contribution in [0.5, 0.6) is 0 Å². The number of esters is 2. The Morgan fingerprint density at radius 2 is 1.28 bits per heavy atom. The molecule has 8 heteroatoms. The van der Waals surface area contributed by atoms with Crippen molar-refractivity contribution in [1.29, 1.82) is 0 Å². The zero-order valence-corrected chi connectivity index (χ0v) is 29.2. The van der Waals surface area contributed by atoms with Crippen molar-refractivity contribution in [2.75, 3.05) is 41.0 Å². The molecule has 0 aromatic rings. The first-order chi connectivity index (χ1) is 22.1. The number of allylic oxidation sites excluding steroid dienone is 12. The first-order valence-electron chi connectivity index (χ1n) is 17.0. The molecule has 0 radical (unpaired) electrons. The van der Waals surface area contributed by atoms with Gasteiger partial charge in [-0.15, -0.1) is 0 Å². The van der Waals surface area contributed by atoms with Crippen LogP contribution in [-0.2, 0) is 28.6 Å². The third-order valence-corrected chi connectivity index (χ3v) is 6.98. The van der Waals surface area contributed by atoms with E-state index in [0.717, 1.165) is 38.5 Å². The minimum absolute atomic E-state index is 0.0273. The van der Waals surface area contributed by atoms with Gasteiger partial charge in [0, 0.05) is 19.3 Å². The molecule has 0 aliphatic heterocycles. The van der Waals surface area contributed by atoms with E-state index in [9.17, 15) is 19.5 Å². The molecule has 0 aromatic carbocycles. The van der Waals surface area contributed by atoms with Gasteiger partial charge in [-0.2, -0.15) is 0 Å². The van der Waals surface area contributed by atoms with E-state index in [0.29, 0.717) is 19.3 Å². The van der Waals surface area contributed by atoms with Gasteiger partial charge in [-0.05, 0) is 44.9 Å². The zero-order chi connectivity index (χ0) is 34.3. The van der Waals surface area contributed by atoms with E-state index in [1.54, 1.807) is 0 Å². The maximum atomic E-state index is 12.6. The standard InChI is InChI=1S/C38H61NO7/c1-6-8-10-12-14-15-16-17-18-19-20-21-23-25-27-29-37(41)46-34(32-44-31-30-35(38(42)43)39(3,4)5)33-45-36(40)28-26-24-22-13-11-9-7-2/h8,10,12,14-20,22,24,34-35H,6-7,9,11,13,21,23,25-33H2,1-5H3/p+1/b10-8+,14-12+,16-15+,18-17+,20-19+,24-22+. The normalized spacial score (nSPS) is 14.0. The van der Waals surface area contributed by atoms with Gasteiger partial charge >= 0.3 is 17.9 Å². The molecule has 0 aliphatic rings. The number of rotatable bonds is 28. The van der Waals surface area contributed by atoms with Gasteiger partial charge < -0.3 is 23.8 Å². The van der Waals surface area contributed by atoms with Crippen LogP contribution in [0.3, 0.4) is 0 Å². The number of quaternary nitrogens is 1. The number of ether oxygens (including phenoxy) is 3. The highest BCUT2D eigenvalue weighted by Gasteiger charge is 2.31. The summed E-state index contributed by atoms with van der Waals surface area (Å²) in [7, 11) is 5.47. The number of hydrogen-bond donors (Lipinski definition) is 1. The minimum atomic E-state index is -0.893. The first kappa shape index (κ1) is 42.8. The number of unbranched alkanes of at least 4 members (excludes halogenated alkanes) is 6. The van der Waals surface area contributed by atoms with E-state index >= 15 is 0 Å². The monoisotopic (exact) mass is 644 g/mol. The number of aliphatic carboxylic acids is 1. The van der Waals surface area contributed by atoms with E-state index in [1.165, 1.54) is 12.8 Å². The number of carbonyl (C=O) groups is 3. The molecule has 0 aromatic heterocycles. The number of carbonyl (C=O) groups excluding carboxylic acids is 2. The van der Waals surface area contributed by atoms with Gasteiger partial charge in [-0.3, -0.25) is 9.59 Å². The molecule has 1 N–H and O–H groups in total. The van der Waals surface area contributed by atoms with Crippen LogP contribution in [0.4, 0.5) is 0 Å². The highest BCUT2D eigenvalue weighted by atomic mass is 16.6. The predicted octanol–water partition coefficient (Wildman–Crippen LogP) is 8.07. The molecule has 0 heterocycles. The Labute approximate surface area is 279 Å². The molecule has 0 saturated heterocycles. The molecular formula is C38H62NO7+. The summed E-state index contributed by atoms with van der Waals surface area (Å²) >= 11 is 0. The Hall–Kier alpha value is -3.23. The molecule has 2 unspecified atom stereocenters. The van der Waals surface area contributed by atoms with Gasteiger partial charge in [0.2, 0.25) is 0 Å². The van der Waals surface area contributed by atoms with Crippen LogP contribution < -0.4 is 0 Å². The van der Waals surface area contributed by atoms with Crippen molar-refractivity contribution in [3.05, 3.63) is 72.9 Å². The Balaban J connectivity index is 4.60. The fourth-order valence-corrected chi connectivity index (χ4v) is 4.30. The van der Waals surface area contributed by atoms with Crippen LogP contribution in [0.2, 0.25) is 0 Å². The van der Waals surface area contributed by atoms with Crippen LogP contribution in [0.15, 0.2) is 72.9 Å². The molecule has 0 rings (SSSR count). The van der Waals surface area contributed by atoms with Crippen LogP contribution in [0.1, 0.15) is 97.3 Å². The van der Waals surface area contributed by atoms with Crippen molar-refractivity contribution < 1.29 is 38.2 Å². The molecule has 0 bridgehead atoms. The highest BCUT2D eigenvalue weighted by molar-refractivity contribution is 5.72. The highest BCUT2D eigenvalue weighted by Crippen LogP contribution is 2.11. The van der Waals surface area contributed by atoms with E-state index in [4.69, 9.17) is 14.2 Å². The summed E-state index contributed by atoms with van der Waals surface area (Å²) in [5.41, 5.74) is 0. The Morgan fingerprint density at radius 1 is 0.674 bits per heavy atom. The summed E-state index contributed by atoms with van der Waals surface area (Å²) in [4.78, 5) is 36.5. The quantitative estimate of drug-likeness (QED) is 0.0302. The van der Waals surface area contributed by atoms with Crippen molar-refractivity contribution in [3.8, 4) is 0 Å². The second-order valence-corrected chi connectivity index (χ2v) is 12.2. The van der Waals surface area contributed by atoms with E-state index < -0.39 is 18.1 Å². The van der Waals surface area contributed by atoms with Gasteiger partial charge in [0.15, 0.2) is 12.1 Å². The summed E-state index contributed by atoms with van der Waals surface area (Å²) in [6.07, 6.45) is 34.0. The Bertz CT molecular complexity index is 985. The lowest BCUT2D eigenvalue weighted by Crippen LogP contribution is -2.50. The van der Waals surface area contributed by atoms with E-state index in [1.807, 2.05) is 75.8 Å². The molecule has 46 heavy (non-hydrogen) atoms. The first-order valence-corrected chi connectivity index (χ1v) is 17.0. The van der Waals surface area contributed by atoms with Crippen molar-refractivity contribution in [2.45, 2.75) is 109 Å². The number of carboxylic acid groups (broad SMARTS) is 1. The van der Waals surface area contributed by atoms with Crippen molar-refractivity contribution >= 4 is 17.9 Å². The summed E-state index contributed by atoms with van der Waals surface area (Å²) < 4.78 is 17.0. The van der Waals surface area contributed by atoms with Gasteiger partial charge in [0.05, 0.1) is 34.4 Å². The zero-order valence-electron chi connectivity index (χ0n) is 29.2. The molecule has 0 amide bonds. The topological polar surface area (TPSA) is 99.1 Å². The van der Waals surface area contributed by atoms with Crippen molar-refractivity contribution in [3.63, 3.8) is 0 Å². The summed E-state index contributed by atoms with van der Waals surface area (Å²) in [6.45, 7) is 4.39. The molecule has 0 aliphatic carbocycles. The maximum absolute atomic E-state index is 12.6. The average molecular weight is 645 g/mol. The summed E-state index contributed by atoms with van der Waals surface area (Å²) in [6, 6.07) is -0.628. The van der Waals surface area contributed by atoms with Gasteiger partial charge in [-0.1, -0.05) is 106 Å². The minimum Gasteiger partial charge on any atom is -0.477 e. The Kier molecular flexibility index (Phi) is 27.1. The maximum Gasteiger partial charge on any atom is 0.362 e. The molecule has 8 nitrogen and oxygen atoms in total. The third kappa shape index (κ3) is 27.1. The van der Waals surface area contributed by atoms with E-state index in [-0.39, 0.29) is 49.1 Å². The molecule has 0 saturated carbocycles. The second kappa shape index (κ2) is 29.2. The summed E-state index contributed by atoms with van der Waals surface area (Å²) in [5.74, 6) is -1.61. The molecule has 260 valence electrons. The molecule has 0 spiro atoms. The number of carboxylic acids is 1. The molecular weight excluding hydrogens is 582 g/mol. The summed E-state index contributed by atoms with van der Waals surface area (Å²) in [5, 5.41) is 9.54. The van der Waals surface area contributed by atoms with Crippen LogP contribution in [-0.4, -0.2) is 80.6 Å². The second-order valence-electron chi connectivity index (χ2n) is 12.2. The van der Waals surface area contributed by atoms with E-state index in [2.05, 4.69) is 32.1 Å². The van der Waals surface area contributed by atoms with Gasteiger partial charge in [-0.25, -0.2) is 4.79 Å². The third-order valence-electron chi connectivity index (χ3n) is 6.98. The van der Waals surface area contributed by atoms with Gasteiger partial charge in [0.25, 0.3) is 0 Å². The van der Waals surface area contributed by atoms with Crippen LogP contribution >= 0.6 is 0 Å². The fraction of sp³-hybridized carbons (Fsp3) is 0.605. The predicted molar refractivity (Wildman–Crippen MR) is 187 cm³/mol. The van der Waals surface area contributed by atoms with Crippen LogP contribution in [0.25, 0.3) is 0 Å². The lowest BCUT2D eigenvalue weighted by Gasteiger charge is -2.31. The lowest BCUT2D eigenvalue weighted by molar-refractivity contribution is -0.887. The smallest absolute Gasteiger partial charge is 0.362 e. The van der Waals surface area contributed by atoms with Crippen molar-refractivity contribution in [1.82, 2.24) is 0 Å². The molecule has 0 fully saturated rings. The van der Waals surface area contributed by atoms with Gasteiger partial charge in [0.1, 0.15) is 6.61 Å². The van der Waals surface area contributed by atoms with Crippen molar-refractivity contribution in [2.24, 2.45) is 0 Å². The average Bonchev–Trinajstić information content (AvgIpc) is 3.00. The fourth-order valence-electron chi connectivity index (χ4n) is 4.30.